The van der Waals surface area contributed by atoms with E-state index in [4.69, 9.17) is 5.11 Å². The molecule has 6 heteroatoms. The Balaban J connectivity index is 1.73. The number of nitrogens with zero attached hydrogens (tertiary/aromatic N) is 1. The summed E-state index contributed by atoms with van der Waals surface area (Å²) in [5.41, 5.74) is 1.52. The number of carboxylic acids is 1. The highest BCUT2D eigenvalue weighted by Crippen LogP contribution is 2.24. The number of nitrogens with one attached hydrogen (secondary N) is 1. The van der Waals surface area contributed by atoms with Gasteiger partial charge in [-0.1, -0.05) is 0 Å². The van der Waals surface area contributed by atoms with Crippen LogP contribution in [0.1, 0.15) is 37.7 Å². The van der Waals surface area contributed by atoms with Gasteiger partial charge >= 0.3 is 5.97 Å². The molecule has 2 aromatic rings. The van der Waals surface area contributed by atoms with E-state index in [0.29, 0.717) is 18.5 Å². The van der Waals surface area contributed by atoms with Gasteiger partial charge in [0.15, 0.2) is 0 Å². The van der Waals surface area contributed by atoms with Gasteiger partial charge < -0.3 is 15.0 Å². The molecule has 1 aromatic heterocycles. The second-order valence-corrected chi connectivity index (χ2v) is 6.35. The molecule has 0 bridgehead atoms. The monoisotopic (exact) mass is 332 g/mol. The van der Waals surface area contributed by atoms with Crippen LogP contribution in [0.15, 0.2) is 24.4 Å². The zero-order valence-electron chi connectivity index (χ0n) is 13.4. The maximum atomic E-state index is 13.3. The van der Waals surface area contributed by atoms with Crippen LogP contribution in [0.3, 0.4) is 0 Å². The van der Waals surface area contributed by atoms with E-state index in [1.165, 1.54) is 12.1 Å². The number of hydrogen-bond donors (Lipinski definition) is 2. The number of likely N-dealkylation sites (tertiary alicyclic amines) is 1. The van der Waals surface area contributed by atoms with Gasteiger partial charge in [-0.05, 0) is 49.4 Å². The Hall–Kier alpha value is -2.37. The first kappa shape index (κ1) is 16.5. The number of aliphatic carboxylic acids is 1. The minimum atomic E-state index is -0.827. The van der Waals surface area contributed by atoms with Crippen molar-refractivity contribution in [1.82, 2.24) is 9.88 Å². The standard InChI is InChI=1S/C18H21FN2O3/c19-13-4-6-15-12(11-20-16(15)10-13)9-17(22)21-8-2-1-3-14(21)5-7-18(23)24/h4,6,10-11,14,20H,1-3,5,7-9H2,(H,23,24). The number of halogens is 1. The molecule has 1 amide bonds. The van der Waals surface area contributed by atoms with Gasteiger partial charge in [0, 0.05) is 36.1 Å². The van der Waals surface area contributed by atoms with Crippen molar-refractivity contribution in [3.8, 4) is 0 Å². The first-order valence-electron chi connectivity index (χ1n) is 8.31. The highest BCUT2D eigenvalue weighted by atomic mass is 19.1. The summed E-state index contributed by atoms with van der Waals surface area (Å²) in [5, 5.41) is 9.73. The van der Waals surface area contributed by atoms with E-state index in [0.717, 1.165) is 30.2 Å². The van der Waals surface area contributed by atoms with Crippen molar-refractivity contribution in [2.24, 2.45) is 0 Å². The van der Waals surface area contributed by atoms with E-state index in [1.807, 2.05) is 4.90 Å². The Bertz CT molecular complexity index is 756. The molecule has 5 nitrogen and oxygen atoms in total. The number of carbonyl (C=O) groups excluding carboxylic acids is 1. The minimum Gasteiger partial charge on any atom is -0.481 e. The Morgan fingerprint density at radius 3 is 2.96 bits per heavy atom. The Morgan fingerprint density at radius 2 is 2.17 bits per heavy atom. The van der Waals surface area contributed by atoms with Gasteiger partial charge in [0.25, 0.3) is 0 Å². The summed E-state index contributed by atoms with van der Waals surface area (Å²) in [5.74, 6) is -1.13. The Labute approximate surface area is 139 Å². The Morgan fingerprint density at radius 1 is 1.33 bits per heavy atom. The number of aromatic amines is 1. The van der Waals surface area contributed by atoms with E-state index in [1.54, 1.807) is 12.3 Å². The van der Waals surface area contributed by atoms with Crippen molar-refractivity contribution < 1.29 is 19.1 Å². The molecule has 0 saturated carbocycles. The van der Waals surface area contributed by atoms with Crippen molar-refractivity contribution in [1.29, 1.82) is 0 Å². The summed E-state index contributed by atoms with van der Waals surface area (Å²) < 4.78 is 13.3. The fourth-order valence-corrected chi connectivity index (χ4v) is 3.49. The van der Waals surface area contributed by atoms with Crippen LogP contribution in [0, 0.1) is 5.82 Å². The zero-order valence-corrected chi connectivity index (χ0v) is 13.4. The highest BCUT2D eigenvalue weighted by Gasteiger charge is 2.27. The smallest absolute Gasteiger partial charge is 0.303 e. The lowest BCUT2D eigenvalue weighted by Crippen LogP contribution is -2.44. The van der Waals surface area contributed by atoms with Gasteiger partial charge in [-0.15, -0.1) is 0 Å². The summed E-state index contributed by atoms with van der Waals surface area (Å²) in [7, 11) is 0. The van der Waals surface area contributed by atoms with Crippen molar-refractivity contribution in [3.63, 3.8) is 0 Å². The zero-order chi connectivity index (χ0) is 17.1. The molecule has 0 aliphatic carbocycles. The average molecular weight is 332 g/mol. The largest absolute Gasteiger partial charge is 0.481 e. The van der Waals surface area contributed by atoms with E-state index in [2.05, 4.69) is 4.98 Å². The second kappa shape index (κ2) is 7.03. The summed E-state index contributed by atoms with van der Waals surface area (Å²) in [6.45, 7) is 0.681. The lowest BCUT2D eigenvalue weighted by atomic mass is 9.97. The maximum Gasteiger partial charge on any atom is 0.303 e. The normalized spacial score (nSPS) is 18.0. The third-order valence-corrected chi connectivity index (χ3v) is 4.71. The van der Waals surface area contributed by atoms with Crippen LogP contribution in [0.2, 0.25) is 0 Å². The molecule has 1 aliphatic rings. The number of H-pyrrole nitrogens is 1. The second-order valence-electron chi connectivity index (χ2n) is 6.35. The summed E-state index contributed by atoms with van der Waals surface area (Å²) in [6, 6.07) is 4.49. The molecule has 2 heterocycles. The molecule has 1 fully saturated rings. The topological polar surface area (TPSA) is 73.4 Å². The van der Waals surface area contributed by atoms with Crippen molar-refractivity contribution >= 4 is 22.8 Å². The van der Waals surface area contributed by atoms with Crippen LogP contribution in [0.25, 0.3) is 10.9 Å². The molecule has 24 heavy (non-hydrogen) atoms. The van der Waals surface area contributed by atoms with Gasteiger partial charge in [-0.3, -0.25) is 9.59 Å². The number of rotatable bonds is 5. The first-order chi connectivity index (χ1) is 11.5. The third kappa shape index (κ3) is 3.58. The number of piperidine rings is 1. The molecule has 1 unspecified atom stereocenters. The van der Waals surface area contributed by atoms with Gasteiger partial charge in [0.05, 0.1) is 6.42 Å². The van der Waals surface area contributed by atoms with Gasteiger partial charge in [-0.25, -0.2) is 4.39 Å². The van der Waals surface area contributed by atoms with Crippen LogP contribution in [-0.4, -0.2) is 39.5 Å². The molecule has 128 valence electrons. The lowest BCUT2D eigenvalue weighted by molar-refractivity contribution is -0.139. The minimum absolute atomic E-state index is 0.00463. The van der Waals surface area contributed by atoms with Crippen LogP contribution >= 0.6 is 0 Å². The number of carbonyl (C=O) groups is 2. The molecular weight excluding hydrogens is 311 g/mol. The van der Waals surface area contributed by atoms with Crippen molar-refractivity contribution in [2.45, 2.75) is 44.6 Å². The Kier molecular flexibility index (Phi) is 4.83. The molecule has 2 N–H and O–H groups in total. The van der Waals surface area contributed by atoms with Crippen LogP contribution < -0.4 is 0 Å². The van der Waals surface area contributed by atoms with E-state index < -0.39 is 5.97 Å². The number of hydrogen-bond acceptors (Lipinski definition) is 2. The van der Waals surface area contributed by atoms with Crippen LogP contribution in [0.4, 0.5) is 4.39 Å². The molecular formula is C18H21FN2O3. The molecule has 0 spiro atoms. The number of carboxylic acid groups (broad SMARTS) is 1. The quantitative estimate of drug-likeness (QED) is 0.883. The molecule has 1 atom stereocenters. The van der Waals surface area contributed by atoms with Crippen molar-refractivity contribution in [3.05, 3.63) is 35.8 Å². The molecule has 1 saturated heterocycles. The van der Waals surface area contributed by atoms with Gasteiger partial charge in [0.2, 0.25) is 5.91 Å². The number of aromatic nitrogens is 1. The maximum absolute atomic E-state index is 13.3. The molecule has 1 aromatic carbocycles. The van der Waals surface area contributed by atoms with Gasteiger partial charge in [0.1, 0.15) is 5.82 Å². The number of benzene rings is 1. The fraction of sp³-hybridized carbons (Fsp3) is 0.444. The summed E-state index contributed by atoms with van der Waals surface area (Å²) in [6.07, 6.45) is 5.42. The van der Waals surface area contributed by atoms with E-state index in [-0.39, 0.29) is 30.6 Å². The van der Waals surface area contributed by atoms with E-state index >= 15 is 0 Å². The summed E-state index contributed by atoms with van der Waals surface area (Å²) >= 11 is 0. The number of amides is 1. The lowest BCUT2D eigenvalue weighted by Gasteiger charge is -2.35. The predicted molar refractivity (Wildman–Crippen MR) is 88.2 cm³/mol. The molecule has 0 radical (unpaired) electrons. The van der Waals surface area contributed by atoms with Crippen LogP contribution in [0.5, 0.6) is 0 Å². The fourth-order valence-electron chi connectivity index (χ4n) is 3.49. The van der Waals surface area contributed by atoms with E-state index in [9.17, 15) is 14.0 Å². The number of fused-ring (bicyclic) bond motifs is 1. The third-order valence-electron chi connectivity index (χ3n) is 4.71. The van der Waals surface area contributed by atoms with Gasteiger partial charge in [-0.2, -0.15) is 0 Å². The average Bonchev–Trinajstić information content (AvgIpc) is 2.95. The summed E-state index contributed by atoms with van der Waals surface area (Å²) in [4.78, 5) is 28.4. The highest BCUT2D eigenvalue weighted by molar-refractivity contribution is 5.89. The van der Waals surface area contributed by atoms with Crippen molar-refractivity contribution in [2.75, 3.05) is 6.54 Å². The SMILES string of the molecule is O=C(O)CCC1CCCCN1C(=O)Cc1c[nH]c2cc(F)ccc12. The predicted octanol–water partition coefficient (Wildman–Crippen LogP) is 3.10. The molecule has 1 aliphatic heterocycles. The molecule has 3 rings (SSSR count). The van der Waals surface area contributed by atoms with Crippen LogP contribution in [-0.2, 0) is 16.0 Å². The first-order valence-corrected chi connectivity index (χ1v) is 8.31.